The molecule has 7 heteroatoms. The summed E-state index contributed by atoms with van der Waals surface area (Å²) in [6.45, 7) is 15.1. The van der Waals surface area contributed by atoms with Gasteiger partial charge in [-0.3, -0.25) is 4.79 Å². The maximum atomic E-state index is 12.3. The predicted octanol–water partition coefficient (Wildman–Crippen LogP) is 12.5. The first-order chi connectivity index (χ1) is 30.5. The van der Waals surface area contributed by atoms with Gasteiger partial charge in [-0.15, -0.1) is 0 Å². The van der Waals surface area contributed by atoms with Gasteiger partial charge in [0.05, 0.1) is 25.9 Å². The van der Waals surface area contributed by atoms with Gasteiger partial charge >= 0.3 is 5.97 Å². The average Bonchev–Trinajstić information content (AvgIpc) is 3.65. The Morgan fingerprint density at radius 3 is 1.92 bits per heavy atom. The smallest absolute Gasteiger partial charge is 0.302 e. The van der Waals surface area contributed by atoms with E-state index in [-0.39, 0.29) is 24.1 Å². The summed E-state index contributed by atoms with van der Waals surface area (Å²) >= 11 is 0. The zero-order valence-corrected chi connectivity index (χ0v) is 39.1. The third kappa shape index (κ3) is 10.7. The van der Waals surface area contributed by atoms with E-state index in [1.165, 1.54) is 58.3 Å². The predicted molar refractivity (Wildman–Crippen MR) is 248 cm³/mol. The van der Waals surface area contributed by atoms with E-state index < -0.39 is 30.7 Å². The molecule has 7 nitrogen and oxygen atoms in total. The van der Waals surface area contributed by atoms with Crippen molar-refractivity contribution in [2.24, 2.45) is 46.3 Å². The van der Waals surface area contributed by atoms with E-state index in [0.717, 1.165) is 71.5 Å². The Morgan fingerprint density at radius 2 is 1.32 bits per heavy atom. The molecule has 4 fully saturated rings. The number of ether oxygens (including phenoxy) is 6. The number of fused-ring (bicyclic) bond motifs is 5. The summed E-state index contributed by atoms with van der Waals surface area (Å²) in [6, 6.07) is 30.5. The van der Waals surface area contributed by atoms with E-state index in [9.17, 15) is 4.79 Å². The first-order valence-corrected chi connectivity index (χ1v) is 24.6. The monoisotopic (exact) mass is 861 g/mol. The van der Waals surface area contributed by atoms with Gasteiger partial charge in [-0.1, -0.05) is 157 Å². The van der Waals surface area contributed by atoms with Crippen LogP contribution in [-0.2, 0) is 53.0 Å². The molecule has 3 saturated carbocycles. The lowest BCUT2D eigenvalue weighted by molar-refractivity contribution is -0.336. The van der Waals surface area contributed by atoms with Crippen molar-refractivity contribution in [3.63, 3.8) is 0 Å². The third-order valence-electron chi connectivity index (χ3n) is 16.5. The molecule has 3 aromatic rings. The van der Waals surface area contributed by atoms with E-state index in [1.54, 1.807) is 5.57 Å². The fourth-order valence-electron chi connectivity index (χ4n) is 13.1. The number of benzene rings is 3. The molecule has 1 saturated heterocycles. The van der Waals surface area contributed by atoms with E-state index >= 15 is 0 Å². The van der Waals surface area contributed by atoms with Crippen LogP contribution >= 0.6 is 0 Å². The molecular formula is C56H76O7. The van der Waals surface area contributed by atoms with Crippen LogP contribution in [0.5, 0.6) is 0 Å². The molecule has 0 aromatic heterocycles. The van der Waals surface area contributed by atoms with Crippen LogP contribution in [0.1, 0.15) is 129 Å². The van der Waals surface area contributed by atoms with Gasteiger partial charge in [0.1, 0.15) is 31.0 Å². The Hall–Kier alpha value is -3.33. The number of hydrogen-bond acceptors (Lipinski definition) is 7. The van der Waals surface area contributed by atoms with E-state index in [1.807, 2.05) is 66.7 Å². The summed E-state index contributed by atoms with van der Waals surface area (Å²) in [5.41, 5.74) is 5.36. The van der Waals surface area contributed by atoms with Crippen molar-refractivity contribution >= 4 is 5.97 Å². The summed E-state index contributed by atoms with van der Waals surface area (Å²) in [4.78, 5) is 12.3. The summed E-state index contributed by atoms with van der Waals surface area (Å²) in [6.07, 6.45) is 13.2. The van der Waals surface area contributed by atoms with Crippen molar-refractivity contribution in [1.29, 1.82) is 0 Å². The van der Waals surface area contributed by atoms with E-state index in [4.69, 9.17) is 28.4 Å². The van der Waals surface area contributed by atoms with Gasteiger partial charge in [-0.05, 0) is 114 Å². The van der Waals surface area contributed by atoms with Crippen LogP contribution in [0.15, 0.2) is 103 Å². The van der Waals surface area contributed by atoms with Crippen molar-refractivity contribution in [3.8, 4) is 0 Å². The molecule has 0 bridgehead atoms. The molecule has 1 aliphatic heterocycles. The van der Waals surface area contributed by atoms with Crippen molar-refractivity contribution in [2.75, 3.05) is 6.61 Å². The molecule has 3 aromatic carbocycles. The number of rotatable bonds is 18. The highest BCUT2D eigenvalue weighted by Crippen LogP contribution is 2.67. The lowest BCUT2D eigenvalue weighted by Crippen LogP contribution is -2.62. The second-order valence-electron chi connectivity index (χ2n) is 20.9. The first kappa shape index (κ1) is 46.2. The van der Waals surface area contributed by atoms with E-state index in [0.29, 0.717) is 25.2 Å². The Kier molecular flexibility index (Phi) is 15.3. The Balaban J connectivity index is 1.03. The number of carbonyl (C=O) groups excluding carboxylic acids is 1. The van der Waals surface area contributed by atoms with Crippen LogP contribution in [-0.4, -0.2) is 49.4 Å². The van der Waals surface area contributed by atoms with Crippen LogP contribution in [0, 0.1) is 46.3 Å². The van der Waals surface area contributed by atoms with E-state index in [2.05, 4.69) is 65.0 Å². The van der Waals surface area contributed by atoms with Gasteiger partial charge in [0.2, 0.25) is 0 Å². The quantitative estimate of drug-likeness (QED) is 0.0932. The van der Waals surface area contributed by atoms with Gasteiger partial charge in [0.25, 0.3) is 0 Å². The van der Waals surface area contributed by atoms with Gasteiger partial charge in [0, 0.05) is 6.92 Å². The molecule has 342 valence electrons. The minimum absolute atomic E-state index is 0.0138. The largest absolute Gasteiger partial charge is 0.463 e. The molecule has 0 amide bonds. The summed E-state index contributed by atoms with van der Waals surface area (Å²) < 4.78 is 40.4. The molecule has 0 N–H and O–H groups in total. The maximum Gasteiger partial charge on any atom is 0.302 e. The molecule has 4 aliphatic carbocycles. The molecule has 0 radical (unpaired) electrons. The average molecular weight is 861 g/mol. The summed E-state index contributed by atoms with van der Waals surface area (Å²) in [7, 11) is 0. The summed E-state index contributed by atoms with van der Waals surface area (Å²) in [5, 5.41) is 0. The van der Waals surface area contributed by atoms with Crippen molar-refractivity contribution < 1.29 is 33.2 Å². The highest BCUT2D eigenvalue weighted by molar-refractivity contribution is 5.65. The lowest BCUT2D eigenvalue weighted by atomic mass is 9.47. The second-order valence-corrected chi connectivity index (χ2v) is 20.9. The Labute approximate surface area is 379 Å². The van der Waals surface area contributed by atoms with Crippen LogP contribution in [0.25, 0.3) is 0 Å². The van der Waals surface area contributed by atoms with Crippen molar-refractivity contribution in [1.82, 2.24) is 0 Å². The number of esters is 1. The fourth-order valence-corrected chi connectivity index (χ4v) is 13.1. The molecule has 1 heterocycles. The molecular weight excluding hydrogens is 785 g/mol. The highest BCUT2D eigenvalue weighted by atomic mass is 16.7. The highest BCUT2D eigenvalue weighted by Gasteiger charge is 2.59. The molecule has 63 heavy (non-hydrogen) atoms. The number of allylic oxidation sites excluding steroid dienone is 1. The molecule has 8 rings (SSSR count). The second kappa shape index (κ2) is 20.9. The van der Waals surface area contributed by atoms with Crippen LogP contribution in [0.4, 0.5) is 0 Å². The van der Waals surface area contributed by atoms with Crippen molar-refractivity contribution in [3.05, 3.63) is 119 Å². The standard InChI is InChI=1S/C56H76O7/c1-38(2)17-16-18-39(3)47-27-28-48-46-26-25-44-33-45(29-31-55(44,5)49(46)30-32-56(47,48)6)62-54-53(61-36-43-23-14-9-15-24-43)52(60-35-42-21-12-8-13-22-42)51(50(63-54)37-58-40(4)57)59-34-41-19-10-7-11-20-41/h7-15,19-25,38-39,45-54H,16-18,26-37H2,1-6H3/t39-,45?,46+,47-,48+,49+,50-,51+,52+,53-,54+,55+,56-/m1/s1. The van der Waals surface area contributed by atoms with Crippen molar-refractivity contribution in [2.45, 2.75) is 169 Å². The molecule has 5 aliphatic rings. The number of hydrogen-bond donors (Lipinski definition) is 0. The third-order valence-corrected chi connectivity index (χ3v) is 16.5. The lowest BCUT2D eigenvalue weighted by Gasteiger charge is -2.58. The fraction of sp³-hybridized carbons (Fsp3) is 0.625. The van der Waals surface area contributed by atoms with Gasteiger partial charge in [-0.2, -0.15) is 0 Å². The first-order valence-electron chi connectivity index (χ1n) is 24.6. The zero-order chi connectivity index (χ0) is 44.0. The molecule has 0 spiro atoms. The maximum absolute atomic E-state index is 12.3. The normalized spacial score (nSPS) is 34.4. The Bertz CT molecular complexity index is 1920. The van der Waals surface area contributed by atoms with Gasteiger partial charge in [0.15, 0.2) is 6.29 Å². The van der Waals surface area contributed by atoms with Gasteiger partial charge in [-0.25, -0.2) is 0 Å². The summed E-state index contributed by atoms with van der Waals surface area (Å²) in [5.74, 6) is 4.43. The van der Waals surface area contributed by atoms with Gasteiger partial charge < -0.3 is 28.4 Å². The SMILES string of the molecule is CC(=O)OC[C@H]1O[C@H](OC2CC[C@@]3(C)C(=CC[C@H]4[C@@H]5CC[C@H]([C@H](C)CCCC(C)C)[C@@]5(C)CC[C@@H]43)C2)[C@H](OCc2ccccc2)[C@@H](OCc2ccccc2)[C@H]1OCc1ccccc1. The Morgan fingerprint density at radius 1 is 0.714 bits per heavy atom. The number of carbonyl (C=O) groups is 1. The zero-order valence-electron chi connectivity index (χ0n) is 39.1. The minimum Gasteiger partial charge on any atom is -0.463 e. The molecule has 1 unspecified atom stereocenters. The van der Waals surface area contributed by atoms with Crippen LogP contribution in [0.2, 0.25) is 0 Å². The van der Waals surface area contributed by atoms with Crippen LogP contribution in [0.3, 0.4) is 0 Å². The van der Waals surface area contributed by atoms with Crippen LogP contribution < -0.4 is 0 Å². The topological polar surface area (TPSA) is 72.5 Å². The minimum atomic E-state index is -0.772. The molecule has 13 atom stereocenters.